The van der Waals surface area contributed by atoms with Gasteiger partial charge in [0.25, 0.3) is 0 Å². The number of hydrogen-bond donors (Lipinski definition) is 2. The van der Waals surface area contributed by atoms with Crippen molar-refractivity contribution < 1.29 is 0 Å². The van der Waals surface area contributed by atoms with Crippen LogP contribution in [-0.4, -0.2) is 16.5 Å². The number of anilines is 1. The van der Waals surface area contributed by atoms with Crippen LogP contribution in [0.5, 0.6) is 0 Å². The molecule has 0 saturated carbocycles. The number of rotatable bonds is 0. The first-order chi connectivity index (χ1) is 6.83. The molecule has 0 fully saturated rings. The predicted octanol–water partition coefficient (Wildman–Crippen LogP) is 2.23. The fourth-order valence-corrected chi connectivity index (χ4v) is 2.10. The van der Waals surface area contributed by atoms with Crippen LogP contribution in [0.15, 0.2) is 12.1 Å². The van der Waals surface area contributed by atoms with Crippen molar-refractivity contribution in [3.63, 3.8) is 0 Å². The minimum atomic E-state index is 0.988. The summed E-state index contributed by atoms with van der Waals surface area (Å²) in [5.74, 6) is 0.988. The molecule has 1 aliphatic rings. The average molecular weight is 187 g/mol. The first-order valence-corrected chi connectivity index (χ1v) is 5.06. The van der Waals surface area contributed by atoms with Crippen LogP contribution in [0.3, 0.4) is 0 Å². The molecule has 14 heavy (non-hydrogen) atoms. The molecule has 2 N–H and O–H groups in total. The van der Waals surface area contributed by atoms with Crippen molar-refractivity contribution in [1.82, 2.24) is 9.97 Å². The van der Waals surface area contributed by atoms with Gasteiger partial charge in [0.15, 0.2) is 0 Å². The Hall–Kier alpha value is -1.51. The topological polar surface area (TPSA) is 40.7 Å². The molecule has 3 rings (SSSR count). The SMILES string of the molecule is Cc1nc2cc3c(cc2[nH]1)CCCN3. The van der Waals surface area contributed by atoms with Crippen molar-refractivity contribution in [2.24, 2.45) is 0 Å². The molecular weight excluding hydrogens is 174 g/mol. The number of H-pyrrole nitrogens is 1. The lowest BCUT2D eigenvalue weighted by Crippen LogP contribution is -2.11. The Morgan fingerprint density at radius 2 is 2.29 bits per heavy atom. The van der Waals surface area contributed by atoms with Crippen LogP contribution in [0, 0.1) is 6.92 Å². The van der Waals surface area contributed by atoms with Crippen molar-refractivity contribution in [3.8, 4) is 0 Å². The van der Waals surface area contributed by atoms with E-state index in [0.717, 1.165) is 23.4 Å². The van der Waals surface area contributed by atoms with Crippen molar-refractivity contribution in [2.45, 2.75) is 19.8 Å². The van der Waals surface area contributed by atoms with E-state index in [1.807, 2.05) is 6.92 Å². The van der Waals surface area contributed by atoms with Crippen molar-refractivity contribution >= 4 is 16.7 Å². The summed E-state index contributed by atoms with van der Waals surface area (Å²) in [6.45, 7) is 3.08. The predicted molar refractivity (Wildman–Crippen MR) is 57.6 cm³/mol. The molecule has 0 unspecified atom stereocenters. The molecule has 0 bridgehead atoms. The molecule has 0 aliphatic carbocycles. The Balaban J connectivity index is 2.26. The maximum Gasteiger partial charge on any atom is 0.104 e. The van der Waals surface area contributed by atoms with Crippen molar-refractivity contribution in [2.75, 3.05) is 11.9 Å². The number of hydrogen-bond acceptors (Lipinski definition) is 2. The largest absolute Gasteiger partial charge is 0.385 e. The van der Waals surface area contributed by atoms with Gasteiger partial charge in [-0.15, -0.1) is 0 Å². The van der Waals surface area contributed by atoms with Crippen LogP contribution < -0.4 is 5.32 Å². The highest BCUT2D eigenvalue weighted by molar-refractivity contribution is 5.81. The van der Waals surface area contributed by atoms with E-state index in [9.17, 15) is 0 Å². The van der Waals surface area contributed by atoms with Crippen LogP contribution >= 0.6 is 0 Å². The Morgan fingerprint density at radius 1 is 1.36 bits per heavy atom. The van der Waals surface area contributed by atoms with E-state index in [-0.39, 0.29) is 0 Å². The van der Waals surface area contributed by atoms with Gasteiger partial charge in [0.1, 0.15) is 5.82 Å². The molecule has 0 atom stereocenters. The van der Waals surface area contributed by atoms with Crippen LogP contribution in [0.1, 0.15) is 17.8 Å². The van der Waals surface area contributed by atoms with Crippen molar-refractivity contribution in [1.29, 1.82) is 0 Å². The maximum absolute atomic E-state index is 4.43. The number of nitrogens with one attached hydrogen (secondary N) is 2. The molecule has 1 aliphatic heterocycles. The first-order valence-electron chi connectivity index (χ1n) is 5.06. The summed E-state index contributed by atoms with van der Waals surface area (Å²) < 4.78 is 0. The monoisotopic (exact) mass is 187 g/mol. The molecule has 0 amide bonds. The normalized spacial score (nSPS) is 15.2. The maximum atomic E-state index is 4.43. The lowest BCUT2D eigenvalue weighted by atomic mass is 10.0. The van der Waals surface area contributed by atoms with Gasteiger partial charge in [-0.25, -0.2) is 4.98 Å². The summed E-state index contributed by atoms with van der Waals surface area (Å²) in [5, 5.41) is 3.41. The van der Waals surface area contributed by atoms with Gasteiger partial charge < -0.3 is 10.3 Å². The highest BCUT2D eigenvalue weighted by Crippen LogP contribution is 2.26. The van der Waals surface area contributed by atoms with Gasteiger partial charge >= 0.3 is 0 Å². The van der Waals surface area contributed by atoms with E-state index in [4.69, 9.17) is 0 Å². The quantitative estimate of drug-likeness (QED) is 0.664. The van der Waals surface area contributed by atoms with E-state index >= 15 is 0 Å². The molecule has 0 radical (unpaired) electrons. The second-order valence-corrected chi connectivity index (χ2v) is 3.88. The smallest absolute Gasteiger partial charge is 0.104 e. The van der Waals surface area contributed by atoms with E-state index < -0.39 is 0 Å². The lowest BCUT2D eigenvalue weighted by Gasteiger charge is -2.17. The Kier molecular flexibility index (Phi) is 1.54. The molecule has 1 aromatic carbocycles. The lowest BCUT2D eigenvalue weighted by molar-refractivity contribution is 0.831. The van der Waals surface area contributed by atoms with E-state index in [2.05, 4.69) is 27.4 Å². The van der Waals surface area contributed by atoms with Gasteiger partial charge in [-0.3, -0.25) is 0 Å². The number of aryl methyl sites for hydroxylation is 2. The van der Waals surface area contributed by atoms with Crippen LogP contribution in [0.4, 0.5) is 5.69 Å². The third-order valence-corrected chi connectivity index (χ3v) is 2.76. The number of aromatic amines is 1. The minimum Gasteiger partial charge on any atom is -0.385 e. The molecule has 2 aromatic rings. The van der Waals surface area contributed by atoms with E-state index in [1.165, 1.54) is 24.1 Å². The zero-order chi connectivity index (χ0) is 9.54. The van der Waals surface area contributed by atoms with Crippen LogP contribution in [0.2, 0.25) is 0 Å². The number of benzene rings is 1. The molecule has 0 spiro atoms. The molecule has 2 heterocycles. The molecule has 72 valence electrons. The summed E-state index contributed by atoms with van der Waals surface area (Å²) in [4.78, 5) is 7.70. The summed E-state index contributed by atoms with van der Waals surface area (Å²) in [6.07, 6.45) is 2.40. The number of fused-ring (bicyclic) bond motifs is 2. The Bertz CT molecular complexity index is 441. The minimum absolute atomic E-state index is 0.988. The average Bonchev–Trinajstić information content (AvgIpc) is 2.53. The van der Waals surface area contributed by atoms with Gasteiger partial charge in [0.05, 0.1) is 11.0 Å². The third kappa shape index (κ3) is 1.09. The zero-order valence-corrected chi connectivity index (χ0v) is 8.22. The summed E-state index contributed by atoms with van der Waals surface area (Å²) >= 11 is 0. The highest BCUT2D eigenvalue weighted by Gasteiger charge is 2.10. The van der Waals surface area contributed by atoms with Crippen LogP contribution in [-0.2, 0) is 6.42 Å². The second-order valence-electron chi connectivity index (χ2n) is 3.88. The summed E-state index contributed by atoms with van der Waals surface area (Å²) in [5.41, 5.74) is 4.89. The Morgan fingerprint density at radius 3 is 3.21 bits per heavy atom. The molecule has 3 nitrogen and oxygen atoms in total. The van der Waals surface area contributed by atoms with E-state index in [0.29, 0.717) is 0 Å². The van der Waals surface area contributed by atoms with Gasteiger partial charge in [-0.2, -0.15) is 0 Å². The van der Waals surface area contributed by atoms with Crippen molar-refractivity contribution in [3.05, 3.63) is 23.5 Å². The van der Waals surface area contributed by atoms with Gasteiger partial charge in [0.2, 0.25) is 0 Å². The van der Waals surface area contributed by atoms with Gasteiger partial charge in [-0.1, -0.05) is 0 Å². The van der Waals surface area contributed by atoms with Crippen LogP contribution in [0.25, 0.3) is 11.0 Å². The zero-order valence-electron chi connectivity index (χ0n) is 8.22. The number of nitrogens with zero attached hydrogens (tertiary/aromatic N) is 1. The molecule has 1 aromatic heterocycles. The highest BCUT2D eigenvalue weighted by atomic mass is 14.9. The molecule has 0 saturated heterocycles. The molecule has 3 heteroatoms. The standard InChI is InChI=1S/C11H13N3/c1-7-13-10-5-8-3-2-4-12-9(8)6-11(10)14-7/h5-6,12H,2-4H2,1H3,(H,13,14). The van der Waals surface area contributed by atoms with Gasteiger partial charge in [-0.05, 0) is 37.5 Å². The fourth-order valence-electron chi connectivity index (χ4n) is 2.10. The second kappa shape index (κ2) is 2.74. The van der Waals surface area contributed by atoms with Gasteiger partial charge in [0, 0.05) is 12.2 Å². The van der Waals surface area contributed by atoms with E-state index in [1.54, 1.807) is 0 Å². The fraction of sp³-hybridized carbons (Fsp3) is 0.364. The first kappa shape index (κ1) is 7.85. The number of aromatic nitrogens is 2. The summed E-state index contributed by atoms with van der Waals surface area (Å²) in [6, 6.07) is 4.37. The molecular formula is C11H13N3. The summed E-state index contributed by atoms with van der Waals surface area (Å²) in [7, 11) is 0. The third-order valence-electron chi connectivity index (χ3n) is 2.76. The number of imidazole rings is 1. The Labute approximate surface area is 82.5 Å².